The van der Waals surface area contributed by atoms with E-state index >= 15 is 0 Å². The number of hydrogen-bond donors (Lipinski definition) is 1. The summed E-state index contributed by atoms with van der Waals surface area (Å²) in [5.74, 6) is -3.11. The third-order valence-corrected chi connectivity index (χ3v) is 5.37. The SMILES string of the molecule is Oc1ccc([S+](c2cc(F)cc(F)c2)c2cc(F)cc(F)c2)cc1. The van der Waals surface area contributed by atoms with Crippen LogP contribution >= 0.6 is 0 Å². The molecule has 24 heavy (non-hydrogen) atoms. The van der Waals surface area contributed by atoms with Crippen molar-refractivity contribution in [1.82, 2.24) is 0 Å². The lowest BCUT2D eigenvalue weighted by molar-refractivity contribution is 0.475. The molecule has 1 nitrogen and oxygen atoms in total. The molecule has 3 aromatic rings. The highest BCUT2D eigenvalue weighted by molar-refractivity contribution is 7.97. The van der Waals surface area contributed by atoms with Crippen molar-refractivity contribution in [2.24, 2.45) is 0 Å². The summed E-state index contributed by atoms with van der Waals surface area (Å²) in [6.07, 6.45) is 0. The van der Waals surface area contributed by atoms with E-state index in [0.29, 0.717) is 4.90 Å². The lowest BCUT2D eigenvalue weighted by Crippen LogP contribution is -2.07. The van der Waals surface area contributed by atoms with E-state index in [1.807, 2.05) is 0 Å². The number of phenols is 1. The monoisotopic (exact) mass is 351 g/mol. The van der Waals surface area contributed by atoms with E-state index in [1.165, 1.54) is 12.1 Å². The minimum atomic E-state index is -1.14. The molecule has 0 heterocycles. The Morgan fingerprint density at radius 2 is 0.917 bits per heavy atom. The maximum absolute atomic E-state index is 13.6. The first kappa shape index (κ1) is 16.4. The van der Waals surface area contributed by atoms with E-state index in [4.69, 9.17) is 0 Å². The van der Waals surface area contributed by atoms with Crippen LogP contribution in [0.4, 0.5) is 17.6 Å². The van der Waals surface area contributed by atoms with Crippen molar-refractivity contribution < 1.29 is 22.7 Å². The summed E-state index contributed by atoms with van der Waals surface area (Å²) in [7, 11) is -1.14. The Balaban J connectivity index is 2.21. The molecule has 0 fully saturated rings. The average molecular weight is 351 g/mol. The van der Waals surface area contributed by atoms with Gasteiger partial charge in [0.15, 0.2) is 14.7 Å². The van der Waals surface area contributed by atoms with E-state index in [0.717, 1.165) is 36.4 Å². The molecule has 0 amide bonds. The molecule has 122 valence electrons. The van der Waals surface area contributed by atoms with Crippen LogP contribution in [0.25, 0.3) is 0 Å². The van der Waals surface area contributed by atoms with Crippen molar-refractivity contribution in [3.63, 3.8) is 0 Å². The van der Waals surface area contributed by atoms with Crippen LogP contribution in [0.3, 0.4) is 0 Å². The van der Waals surface area contributed by atoms with Crippen molar-refractivity contribution in [3.8, 4) is 5.75 Å². The molecule has 0 aliphatic heterocycles. The zero-order chi connectivity index (χ0) is 17.3. The second-order valence-corrected chi connectivity index (χ2v) is 7.04. The lowest BCUT2D eigenvalue weighted by Gasteiger charge is -2.09. The van der Waals surface area contributed by atoms with Crippen molar-refractivity contribution in [3.05, 3.63) is 83.9 Å². The molecule has 3 rings (SSSR count). The minimum absolute atomic E-state index is 0.0122. The number of phenolic OH excluding ortho intramolecular Hbond substituents is 1. The van der Waals surface area contributed by atoms with Crippen LogP contribution in [-0.4, -0.2) is 5.11 Å². The Hall–Kier alpha value is -2.47. The molecule has 0 unspecified atom stereocenters. The largest absolute Gasteiger partial charge is 0.508 e. The maximum atomic E-state index is 13.6. The average Bonchev–Trinajstić information content (AvgIpc) is 2.47. The summed E-state index contributed by atoms with van der Waals surface area (Å²) in [5.41, 5.74) is 0. The molecule has 3 aromatic carbocycles. The Bertz CT molecular complexity index is 789. The van der Waals surface area contributed by atoms with Crippen LogP contribution in [0.15, 0.2) is 75.4 Å². The first-order valence-corrected chi connectivity index (χ1v) is 8.10. The Morgan fingerprint density at radius 3 is 1.29 bits per heavy atom. The van der Waals surface area contributed by atoms with Gasteiger partial charge in [-0.05, 0) is 24.3 Å². The maximum Gasteiger partial charge on any atom is 0.172 e. The van der Waals surface area contributed by atoms with Crippen molar-refractivity contribution in [2.75, 3.05) is 0 Å². The molecule has 0 bridgehead atoms. The highest BCUT2D eigenvalue weighted by Crippen LogP contribution is 2.33. The molecule has 0 saturated heterocycles. The molecule has 0 aliphatic rings. The number of benzene rings is 3. The van der Waals surface area contributed by atoms with Gasteiger partial charge in [-0.3, -0.25) is 0 Å². The van der Waals surface area contributed by atoms with Gasteiger partial charge >= 0.3 is 0 Å². The molecule has 0 spiro atoms. The molecule has 0 atom stereocenters. The predicted octanol–water partition coefficient (Wildman–Crippen LogP) is 5.04. The Morgan fingerprint density at radius 1 is 0.542 bits per heavy atom. The molecule has 1 N–H and O–H groups in total. The molecule has 0 aliphatic carbocycles. The van der Waals surface area contributed by atoms with Gasteiger partial charge in [-0.25, -0.2) is 17.6 Å². The fraction of sp³-hybridized carbons (Fsp3) is 0. The predicted molar refractivity (Wildman–Crippen MR) is 83.0 cm³/mol. The van der Waals surface area contributed by atoms with Crippen LogP contribution in [-0.2, 0) is 10.9 Å². The zero-order valence-corrected chi connectivity index (χ0v) is 13.0. The summed E-state index contributed by atoms with van der Waals surface area (Å²) < 4.78 is 54.5. The van der Waals surface area contributed by atoms with Crippen molar-refractivity contribution in [1.29, 1.82) is 0 Å². The van der Waals surface area contributed by atoms with Crippen LogP contribution in [0, 0.1) is 23.3 Å². The van der Waals surface area contributed by atoms with Gasteiger partial charge in [-0.15, -0.1) is 0 Å². The highest BCUT2D eigenvalue weighted by Gasteiger charge is 2.31. The van der Waals surface area contributed by atoms with E-state index in [9.17, 15) is 22.7 Å². The van der Waals surface area contributed by atoms with Gasteiger partial charge in [-0.2, -0.15) is 0 Å². The second-order valence-electron chi connectivity index (χ2n) is 5.01. The number of hydrogen-bond acceptors (Lipinski definition) is 1. The summed E-state index contributed by atoms with van der Waals surface area (Å²) >= 11 is 0. The molecule has 0 radical (unpaired) electrons. The van der Waals surface area contributed by atoms with Gasteiger partial charge in [0.2, 0.25) is 0 Å². The third-order valence-electron chi connectivity index (χ3n) is 3.22. The van der Waals surface area contributed by atoms with Crippen LogP contribution < -0.4 is 0 Å². The Labute approximate surface area is 138 Å². The summed E-state index contributed by atoms with van der Waals surface area (Å²) in [5, 5.41) is 9.42. The van der Waals surface area contributed by atoms with Gasteiger partial charge in [0.1, 0.15) is 29.0 Å². The Kier molecular flexibility index (Phi) is 4.49. The minimum Gasteiger partial charge on any atom is -0.508 e. The fourth-order valence-corrected chi connectivity index (χ4v) is 4.43. The van der Waals surface area contributed by atoms with Gasteiger partial charge in [0, 0.05) is 36.4 Å². The van der Waals surface area contributed by atoms with Crippen LogP contribution in [0.1, 0.15) is 0 Å². The van der Waals surface area contributed by atoms with Gasteiger partial charge < -0.3 is 5.11 Å². The topological polar surface area (TPSA) is 20.2 Å². The van der Waals surface area contributed by atoms with E-state index in [2.05, 4.69) is 0 Å². The number of halogens is 4. The lowest BCUT2D eigenvalue weighted by atomic mass is 10.3. The van der Waals surface area contributed by atoms with E-state index < -0.39 is 34.2 Å². The van der Waals surface area contributed by atoms with Gasteiger partial charge in [0.05, 0.1) is 10.9 Å². The van der Waals surface area contributed by atoms with E-state index in [1.54, 1.807) is 12.1 Å². The van der Waals surface area contributed by atoms with Crippen molar-refractivity contribution in [2.45, 2.75) is 14.7 Å². The number of rotatable bonds is 3. The zero-order valence-electron chi connectivity index (χ0n) is 12.1. The van der Waals surface area contributed by atoms with Crippen molar-refractivity contribution >= 4 is 10.9 Å². The summed E-state index contributed by atoms with van der Waals surface area (Å²) in [4.78, 5) is 1.04. The second kappa shape index (κ2) is 6.57. The van der Waals surface area contributed by atoms with E-state index in [-0.39, 0.29) is 15.5 Å². The van der Waals surface area contributed by atoms with Crippen LogP contribution in [0.2, 0.25) is 0 Å². The standard InChI is InChI=1S/C18H10F4OS/c19-11-5-12(20)8-17(7-11)24(16-3-1-15(23)2-4-16)18-9-13(21)6-14(22)10-18/h1-10H/p+1. The van der Waals surface area contributed by atoms with Crippen LogP contribution in [0.5, 0.6) is 5.75 Å². The molecule has 0 saturated carbocycles. The third kappa shape index (κ3) is 3.54. The first-order chi connectivity index (χ1) is 11.4. The fourth-order valence-electron chi connectivity index (χ4n) is 2.28. The molecular formula is C18H11F4OS+. The quantitative estimate of drug-likeness (QED) is 0.517. The summed E-state index contributed by atoms with van der Waals surface area (Å²) in [6.45, 7) is 0. The number of aromatic hydroxyl groups is 1. The summed E-state index contributed by atoms with van der Waals surface area (Å²) in [6, 6.07) is 11.9. The van der Waals surface area contributed by atoms with Gasteiger partial charge in [-0.1, -0.05) is 0 Å². The van der Waals surface area contributed by atoms with Gasteiger partial charge in [0.25, 0.3) is 0 Å². The molecular weight excluding hydrogens is 340 g/mol. The highest BCUT2D eigenvalue weighted by atomic mass is 32.2. The first-order valence-electron chi connectivity index (χ1n) is 6.88. The molecule has 0 aromatic heterocycles. The smallest absolute Gasteiger partial charge is 0.172 e. The normalized spacial score (nSPS) is 11.0. The molecule has 6 heteroatoms.